The molecule has 7 nitrogen and oxygen atoms in total. The van der Waals surface area contributed by atoms with E-state index in [0.717, 1.165) is 48.8 Å². The highest BCUT2D eigenvalue weighted by Crippen LogP contribution is 2.48. The fourth-order valence-corrected chi connectivity index (χ4v) is 4.97. The number of allylic oxidation sites excluding steroid dienone is 4. The van der Waals surface area contributed by atoms with Gasteiger partial charge in [-0.1, -0.05) is 6.08 Å². The van der Waals surface area contributed by atoms with E-state index in [2.05, 4.69) is 5.32 Å². The highest BCUT2D eigenvalue weighted by molar-refractivity contribution is 6.10. The Bertz CT molecular complexity index is 1030. The molecule has 2 saturated carbocycles. The first kappa shape index (κ1) is 23.2. The van der Waals surface area contributed by atoms with E-state index in [-0.39, 0.29) is 5.69 Å². The number of aromatic nitrogens is 1. The van der Waals surface area contributed by atoms with Crippen molar-refractivity contribution in [3.63, 3.8) is 0 Å². The van der Waals surface area contributed by atoms with Crippen molar-refractivity contribution >= 4 is 11.6 Å². The Morgan fingerprint density at radius 1 is 1.27 bits per heavy atom. The highest BCUT2D eigenvalue weighted by atomic mass is 16.5. The summed E-state index contributed by atoms with van der Waals surface area (Å²) >= 11 is 0. The molecule has 0 aromatic carbocycles. The van der Waals surface area contributed by atoms with Crippen LogP contribution >= 0.6 is 0 Å². The topological polar surface area (TPSA) is 107 Å². The van der Waals surface area contributed by atoms with E-state index in [0.29, 0.717) is 34.7 Å². The third-order valence-electron chi connectivity index (χ3n) is 7.25. The molecule has 4 N–H and O–H groups in total. The van der Waals surface area contributed by atoms with Crippen LogP contribution in [0.3, 0.4) is 0 Å². The van der Waals surface area contributed by atoms with Gasteiger partial charge < -0.3 is 20.6 Å². The van der Waals surface area contributed by atoms with Gasteiger partial charge in [-0.2, -0.15) is 0 Å². The van der Waals surface area contributed by atoms with Gasteiger partial charge in [-0.25, -0.2) is 0 Å². The van der Waals surface area contributed by atoms with Crippen LogP contribution in [0.25, 0.3) is 0 Å². The lowest BCUT2D eigenvalue weighted by atomic mass is 9.75. The van der Waals surface area contributed by atoms with Gasteiger partial charge in [-0.3, -0.25) is 10.0 Å². The van der Waals surface area contributed by atoms with Crippen LogP contribution in [0.2, 0.25) is 0 Å². The average Bonchev–Trinajstić information content (AvgIpc) is 3.65. The summed E-state index contributed by atoms with van der Waals surface area (Å²) in [4.78, 5) is 12.8. The smallest absolute Gasteiger partial charge is 0.325 e. The molecule has 1 aromatic rings. The van der Waals surface area contributed by atoms with Gasteiger partial charge >= 0.3 is 11.6 Å². The summed E-state index contributed by atoms with van der Waals surface area (Å²) in [7, 11) is 1.50. The maximum Gasteiger partial charge on any atom is 0.325 e. The molecule has 0 saturated heterocycles. The van der Waals surface area contributed by atoms with Crippen molar-refractivity contribution in [1.82, 2.24) is 5.32 Å². The summed E-state index contributed by atoms with van der Waals surface area (Å²) in [5, 5.41) is 32.0. The van der Waals surface area contributed by atoms with Crippen molar-refractivity contribution < 1.29 is 24.6 Å². The van der Waals surface area contributed by atoms with Gasteiger partial charge in [0.15, 0.2) is 0 Å². The number of aliphatic hydroxyl groups is 1. The maximum absolute atomic E-state index is 12.8. The summed E-state index contributed by atoms with van der Waals surface area (Å²) in [6.07, 6.45) is 13.6. The van der Waals surface area contributed by atoms with E-state index in [1.807, 2.05) is 6.08 Å². The molecule has 0 atom stereocenters. The monoisotopic (exact) mass is 452 g/mol. The van der Waals surface area contributed by atoms with Crippen LogP contribution in [0.1, 0.15) is 67.5 Å². The summed E-state index contributed by atoms with van der Waals surface area (Å²) in [6.45, 7) is 1.71. The molecular formula is C26H34N3O4+. The van der Waals surface area contributed by atoms with Gasteiger partial charge in [0.2, 0.25) is 5.69 Å². The number of amides is 1. The average molecular weight is 453 g/mol. The summed E-state index contributed by atoms with van der Waals surface area (Å²) in [6, 6.07) is 4.95. The lowest BCUT2D eigenvalue weighted by Gasteiger charge is -2.36. The second-order valence-electron chi connectivity index (χ2n) is 9.56. The van der Waals surface area contributed by atoms with Gasteiger partial charge in [-0.15, -0.1) is 0 Å². The predicted molar refractivity (Wildman–Crippen MR) is 124 cm³/mol. The Morgan fingerprint density at radius 2 is 2.00 bits per heavy atom. The number of carbonyl (C=O) groups is 1. The minimum atomic E-state index is -0.464. The summed E-state index contributed by atoms with van der Waals surface area (Å²) in [5.41, 5.74) is 1.77. The largest absolute Gasteiger partial charge is 0.494 e. The molecule has 3 aliphatic rings. The molecule has 0 unspecified atom stereocenters. The number of carbonyl (C=O) groups excluding carboxylic acids is 1. The summed E-state index contributed by atoms with van der Waals surface area (Å²) in [5.74, 6) is 1.07. The van der Waals surface area contributed by atoms with Gasteiger partial charge in [-0.05, 0) is 80.9 Å². The van der Waals surface area contributed by atoms with Gasteiger partial charge in [0.05, 0.1) is 24.1 Å². The van der Waals surface area contributed by atoms with Crippen LogP contribution < -0.4 is 10.0 Å². The second kappa shape index (κ2) is 9.51. The number of nitrogens with zero attached hydrogens (tertiary/aromatic N) is 1. The number of rotatable bonds is 7. The normalized spacial score (nSPS) is 26.6. The summed E-state index contributed by atoms with van der Waals surface area (Å²) < 4.78 is 6.22. The number of hydrogen-bond acceptors (Lipinski definition) is 5. The van der Waals surface area contributed by atoms with Crippen molar-refractivity contribution in [2.45, 2.75) is 63.9 Å². The number of aryl methyl sites for hydroxylation is 1. The molecule has 1 heterocycles. The van der Waals surface area contributed by atoms with Crippen LogP contribution in [-0.2, 0) is 4.74 Å². The van der Waals surface area contributed by atoms with Crippen molar-refractivity contribution in [3.8, 4) is 0 Å². The third kappa shape index (κ3) is 5.19. The number of hydrogen-bond donors (Lipinski definition) is 4. The van der Waals surface area contributed by atoms with Crippen molar-refractivity contribution in [3.05, 3.63) is 64.8 Å². The van der Waals surface area contributed by atoms with Gasteiger partial charge in [0, 0.05) is 29.9 Å². The van der Waals surface area contributed by atoms with Gasteiger partial charge in [0.1, 0.15) is 5.76 Å². The lowest BCUT2D eigenvalue weighted by Crippen LogP contribution is -2.44. The number of pyridine rings is 1. The number of methoxy groups -OCH3 is 1. The standard InChI is InChI=1S/C26H33N3O4/c1-17-5-3-8-23(29(17)32)25(30)28-22-15-19(21(27)16-24(22)33-2)7-4-6-18-11-13-26(31,14-12-18)20-9-10-20/h3,5,7-8,15-16,18,20,27,31H,4,6,9-14H2,1-2H3,(H-,28,30,32)/p+1/b19-7-,27-21?. The first-order chi connectivity index (χ1) is 15.8. The number of nitrogens with one attached hydrogen (secondary N) is 2. The molecular weight excluding hydrogens is 418 g/mol. The van der Waals surface area contributed by atoms with Crippen molar-refractivity contribution in [1.29, 1.82) is 5.41 Å². The molecule has 1 aromatic heterocycles. The molecule has 33 heavy (non-hydrogen) atoms. The van der Waals surface area contributed by atoms with E-state index >= 15 is 0 Å². The second-order valence-corrected chi connectivity index (χ2v) is 9.56. The molecule has 1 amide bonds. The predicted octanol–water partition coefficient (Wildman–Crippen LogP) is 3.74. The third-order valence-corrected chi connectivity index (χ3v) is 7.25. The zero-order valence-corrected chi connectivity index (χ0v) is 19.4. The Kier molecular flexibility index (Phi) is 6.70. The quantitative estimate of drug-likeness (QED) is 0.373. The first-order valence-electron chi connectivity index (χ1n) is 11.8. The zero-order chi connectivity index (χ0) is 23.6. The highest BCUT2D eigenvalue weighted by Gasteiger charge is 2.45. The Labute approximate surface area is 194 Å². The van der Waals surface area contributed by atoms with Crippen LogP contribution in [0, 0.1) is 24.2 Å². The Balaban J connectivity index is 1.40. The van der Waals surface area contributed by atoms with E-state index in [9.17, 15) is 15.1 Å². The minimum absolute atomic E-state index is 0.112. The van der Waals surface area contributed by atoms with Crippen LogP contribution in [0.15, 0.2) is 53.5 Å². The lowest BCUT2D eigenvalue weighted by molar-refractivity contribution is -0.909. The number of ether oxygens (including phenoxy) is 1. The van der Waals surface area contributed by atoms with Crippen LogP contribution in [0.4, 0.5) is 0 Å². The molecule has 0 bridgehead atoms. The van der Waals surface area contributed by atoms with Crippen LogP contribution in [0.5, 0.6) is 0 Å². The zero-order valence-electron chi connectivity index (χ0n) is 19.4. The molecule has 176 valence electrons. The van der Waals surface area contributed by atoms with Crippen LogP contribution in [-0.4, -0.2) is 34.6 Å². The molecule has 0 spiro atoms. The SMILES string of the molecule is COC1=CC(=N)/C(=C\CCC2CCC(O)(C3CC3)CC2)C=C1NC(=O)c1cccc(C)[n+]1O. The minimum Gasteiger partial charge on any atom is -0.494 e. The fraction of sp³-hybridized carbons (Fsp3) is 0.500. The van der Waals surface area contributed by atoms with Gasteiger partial charge in [0.25, 0.3) is 0 Å². The van der Waals surface area contributed by atoms with Crippen molar-refractivity contribution in [2.24, 2.45) is 11.8 Å². The van der Waals surface area contributed by atoms with Crippen molar-refractivity contribution in [2.75, 3.05) is 7.11 Å². The van der Waals surface area contributed by atoms with E-state index < -0.39 is 11.5 Å². The molecule has 3 aliphatic carbocycles. The first-order valence-corrected chi connectivity index (χ1v) is 11.8. The maximum atomic E-state index is 12.8. The Morgan fingerprint density at radius 3 is 2.67 bits per heavy atom. The molecule has 7 heteroatoms. The molecule has 0 aliphatic heterocycles. The van der Waals surface area contributed by atoms with E-state index in [4.69, 9.17) is 10.1 Å². The Hall–Kier alpha value is -2.93. The molecule has 2 fully saturated rings. The molecule has 4 rings (SSSR count). The fourth-order valence-electron chi connectivity index (χ4n) is 4.97. The van der Waals surface area contributed by atoms with E-state index in [1.54, 1.807) is 31.2 Å². The molecule has 0 radical (unpaired) electrons. The van der Waals surface area contributed by atoms with E-state index in [1.165, 1.54) is 26.0 Å².